The molecule has 0 spiro atoms. The maximum atomic E-state index is 12.5. The first-order chi connectivity index (χ1) is 14.1. The summed E-state index contributed by atoms with van der Waals surface area (Å²) in [7, 11) is 3.95. The molecular weight excluding hydrogens is 382 g/mol. The number of thiophene rings is 1. The van der Waals surface area contributed by atoms with Gasteiger partial charge in [0.15, 0.2) is 5.82 Å². The van der Waals surface area contributed by atoms with Crippen molar-refractivity contribution in [1.82, 2.24) is 24.1 Å². The predicted octanol–water partition coefficient (Wildman–Crippen LogP) is 3.80. The number of aromatic nitrogens is 4. The lowest BCUT2D eigenvalue weighted by Gasteiger charge is -2.34. The van der Waals surface area contributed by atoms with Crippen molar-refractivity contribution in [2.24, 2.45) is 7.05 Å². The highest BCUT2D eigenvalue weighted by molar-refractivity contribution is 7.17. The lowest BCUT2D eigenvalue weighted by atomic mass is 9.81. The van der Waals surface area contributed by atoms with E-state index in [1.165, 1.54) is 42.6 Å². The van der Waals surface area contributed by atoms with Crippen LogP contribution in [0.15, 0.2) is 46.6 Å². The Morgan fingerprint density at radius 3 is 2.62 bits per heavy atom. The fraction of sp³-hybridized carbons (Fsp3) is 0.409. The number of rotatable bonds is 4. The van der Waals surface area contributed by atoms with Crippen LogP contribution < -0.4 is 5.56 Å². The third-order valence-corrected chi connectivity index (χ3v) is 7.27. The smallest absolute Gasteiger partial charge is 0.272 e. The average Bonchev–Trinajstić information content (AvgIpc) is 3.40. The first kappa shape index (κ1) is 18.5. The summed E-state index contributed by atoms with van der Waals surface area (Å²) in [5.74, 6) is 2.18. The highest BCUT2D eigenvalue weighted by atomic mass is 32.1. The summed E-state index contributed by atoms with van der Waals surface area (Å²) in [6.07, 6.45) is 4.84. The number of nitrogens with zero attached hydrogens (tertiary/aromatic N) is 5. The molecule has 0 bridgehead atoms. The van der Waals surface area contributed by atoms with Gasteiger partial charge in [-0.15, -0.1) is 21.5 Å². The normalized spacial score (nSPS) is 20.1. The second-order valence-corrected chi connectivity index (χ2v) is 9.00. The van der Waals surface area contributed by atoms with E-state index in [0.717, 1.165) is 22.6 Å². The molecule has 0 N–H and O–H groups in total. The second kappa shape index (κ2) is 7.39. The zero-order valence-corrected chi connectivity index (χ0v) is 17.6. The molecule has 1 saturated carbocycles. The molecular formula is C22H25N5OS. The van der Waals surface area contributed by atoms with E-state index in [-0.39, 0.29) is 5.56 Å². The Bertz CT molecular complexity index is 1200. The Morgan fingerprint density at radius 2 is 1.86 bits per heavy atom. The Labute approximate surface area is 173 Å². The van der Waals surface area contributed by atoms with Crippen molar-refractivity contribution in [3.63, 3.8) is 0 Å². The van der Waals surface area contributed by atoms with E-state index in [4.69, 9.17) is 0 Å². The van der Waals surface area contributed by atoms with Crippen molar-refractivity contribution in [3.05, 3.63) is 63.5 Å². The maximum absolute atomic E-state index is 12.5. The quantitative estimate of drug-likeness (QED) is 0.516. The van der Waals surface area contributed by atoms with Crippen molar-refractivity contribution in [3.8, 4) is 0 Å². The molecule has 1 aliphatic carbocycles. The Hall–Kier alpha value is -2.51. The molecule has 5 rings (SSSR count). The van der Waals surface area contributed by atoms with Crippen molar-refractivity contribution in [2.75, 3.05) is 7.05 Å². The molecule has 3 aromatic heterocycles. The summed E-state index contributed by atoms with van der Waals surface area (Å²) in [5.41, 5.74) is 2.38. The molecule has 1 aliphatic rings. The number of hydrogen-bond acceptors (Lipinski definition) is 5. The molecule has 6 nitrogen and oxygen atoms in total. The fourth-order valence-electron chi connectivity index (χ4n) is 4.68. The summed E-state index contributed by atoms with van der Waals surface area (Å²) in [6, 6.07) is 13.4. The Kier molecular flexibility index (Phi) is 4.72. The van der Waals surface area contributed by atoms with Crippen LogP contribution in [0.1, 0.15) is 43.0 Å². The summed E-state index contributed by atoms with van der Waals surface area (Å²) < 4.78 is 4.40. The van der Waals surface area contributed by atoms with Crippen LogP contribution in [0.2, 0.25) is 0 Å². The van der Waals surface area contributed by atoms with Gasteiger partial charge in [-0.25, -0.2) is 0 Å². The van der Waals surface area contributed by atoms with Crippen LogP contribution in [-0.2, 0) is 13.6 Å². The summed E-state index contributed by atoms with van der Waals surface area (Å²) in [5, 5.41) is 10.7. The lowest BCUT2D eigenvalue weighted by Crippen LogP contribution is -2.35. The number of fused-ring (bicyclic) bond motifs is 3. The molecule has 29 heavy (non-hydrogen) atoms. The van der Waals surface area contributed by atoms with Gasteiger partial charge in [-0.3, -0.25) is 18.7 Å². The monoisotopic (exact) mass is 407 g/mol. The van der Waals surface area contributed by atoms with Gasteiger partial charge < -0.3 is 0 Å². The van der Waals surface area contributed by atoms with Gasteiger partial charge in [0, 0.05) is 13.1 Å². The predicted molar refractivity (Wildman–Crippen MR) is 117 cm³/mol. The van der Waals surface area contributed by atoms with Gasteiger partial charge in [0.1, 0.15) is 4.70 Å². The topological polar surface area (TPSA) is 55.4 Å². The third-order valence-electron chi connectivity index (χ3n) is 6.38. The van der Waals surface area contributed by atoms with E-state index in [1.54, 1.807) is 11.6 Å². The zero-order chi connectivity index (χ0) is 20.0. The van der Waals surface area contributed by atoms with Crippen LogP contribution in [0.5, 0.6) is 0 Å². The molecule has 150 valence electrons. The first-order valence-electron chi connectivity index (χ1n) is 10.2. The Balaban J connectivity index is 1.36. The fourth-order valence-corrected chi connectivity index (χ4v) is 5.53. The van der Waals surface area contributed by atoms with Crippen LogP contribution in [0.3, 0.4) is 0 Å². The van der Waals surface area contributed by atoms with Crippen molar-refractivity contribution >= 4 is 27.3 Å². The number of benzene rings is 1. The first-order valence-corrected chi connectivity index (χ1v) is 11.1. The summed E-state index contributed by atoms with van der Waals surface area (Å²) in [6.45, 7) is 0.727. The van der Waals surface area contributed by atoms with Crippen LogP contribution in [-0.4, -0.2) is 37.2 Å². The van der Waals surface area contributed by atoms with Crippen molar-refractivity contribution < 1.29 is 0 Å². The SMILES string of the molecule is CN(Cc1nnc2n(C)c(=O)c3sccc3n12)C1CCC(c2ccccc2)CC1. The minimum absolute atomic E-state index is 0.00552. The average molecular weight is 408 g/mol. The van der Waals surface area contributed by atoms with Gasteiger partial charge in [0.2, 0.25) is 5.78 Å². The highest BCUT2D eigenvalue weighted by Crippen LogP contribution is 2.34. The van der Waals surface area contributed by atoms with E-state index >= 15 is 0 Å². The molecule has 0 radical (unpaired) electrons. The molecule has 0 unspecified atom stereocenters. The Morgan fingerprint density at radius 1 is 1.10 bits per heavy atom. The zero-order valence-electron chi connectivity index (χ0n) is 16.8. The standard InChI is InChI=1S/C22H25N5OS/c1-25(17-10-8-16(9-11-17)15-6-4-3-5-7-15)14-19-23-24-22-26(2)21(28)20-18(27(19)22)12-13-29-20/h3-7,12-13,16-17H,8-11,14H2,1-2H3. The molecule has 4 aromatic rings. The molecule has 0 atom stereocenters. The summed E-state index contributed by atoms with van der Waals surface area (Å²) >= 11 is 1.48. The van der Waals surface area contributed by atoms with Gasteiger partial charge in [0.25, 0.3) is 5.56 Å². The van der Waals surface area contributed by atoms with Crippen LogP contribution >= 0.6 is 11.3 Å². The van der Waals surface area contributed by atoms with Gasteiger partial charge in [-0.2, -0.15) is 0 Å². The summed E-state index contributed by atoms with van der Waals surface area (Å²) in [4.78, 5) is 14.9. The molecule has 3 heterocycles. The third kappa shape index (κ3) is 3.18. The van der Waals surface area contributed by atoms with E-state index in [2.05, 4.69) is 52.5 Å². The van der Waals surface area contributed by atoms with Crippen LogP contribution in [0.25, 0.3) is 16.0 Å². The van der Waals surface area contributed by atoms with E-state index in [9.17, 15) is 4.79 Å². The largest absolute Gasteiger partial charge is 0.296 e. The minimum Gasteiger partial charge on any atom is -0.296 e. The van der Waals surface area contributed by atoms with Gasteiger partial charge in [0.05, 0.1) is 12.1 Å². The molecule has 0 aliphatic heterocycles. The highest BCUT2D eigenvalue weighted by Gasteiger charge is 2.26. The van der Waals surface area contributed by atoms with Crippen molar-refractivity contribution in [1.29, 1.82) is 0 Å². The number of aryl methyl sites for hydroxylation is 1. The molecule has 0 amide bonds. The minimum atomic E-state index is -0.00552. The van der Waals surface area contributed by atoms with Crippen LogP contribution in [0.4, 0.5) is 0 Å². The molecule has 7 heteroatoms. The molecule has 1 fully saturated rings. The van der Waals surface area contributed by atoms with E-state index < -0.39 is 0 Å². The van der Waals surface area contributed by atoms with Gasteiger partial charge in [-0.05, 0) is 55.7 Å². The molecule has 0 saturated heterocycles. The van der Waals surface area contributed by atoms with Crippen molar-refractivity contribution in [2.45, 2.75) is 44.2 Å². The second-order valence-electron chi connectivity index (χ2n) is 8.08. The van der Waals surface area contributed by atoms with Crippen LogP contribution in [0, 0.1) is 0 Å². The number of hydrogen-bond donors (Lipinski definition) is 0. The van der Waals surface area contributed by atoms with Gasteiger partial charge >= 0.3 is 0 Å². The van der Waals surface area contributed by atoms with Gasteiger partial charge in [-0.1, -0.05) is 30.3 Å². The maximum Gasteiger partial charge on any atom is 0.272 e. The lowest BCUT2D eigenvalue weighted by molar-refractivity contribution is 0.172. The van der Waals surface area contributed by atoms with E-state index in [0.29, 0.717) is 17.7 Å². The van der Waals surface area contributed by atoms with E-state index in [1.807, 2.05) is 15.8 Å². The molecule has 1 aromatic carbocycles.